The highest BCUT2D eigenvalue weighted by Gasteiger charge is 2.62. The molecule has 4 fully saturated rings. The topological polar surface area (TPSA) is 231 Å². The minimum Gasteiger partial charge on any atom is -0.467 e. The molecule has 4 aliphatic heterocycles. The summed E-state index contributed by atoms with van der Waals surface area (Å²) in [5, 5.41) is 6.23. The number of carbonyl (C=O) groups excluding carboxylic acids is 2. The summed E-state index contributed by atoms with van der Waals surface area (Å²) in [5.41, 5.74) is 9.20. The lowest BCUT2D eigenvalue weighted by molar-refractivity contribution is -0.268. The van der Waals surface area contributed by atoms with Crippen molar-refractivity contribution >= 4 is 12.1 Å². The van der Waals surface area contributed by atoms with Crippen molar-refractivity contribution in [2.24, 2.45) is 5.11 Å². The van der Waals surface area contributed by atoms with Crippen molar-refractivity contribution in [2.75, 3.05) is 13.7 Å². The predicted molar refractivity (Wildman–Crippen MR) is 201 cm³/mol. The van der Waals surface area contributed by atoms with Crippen LogP contribution in [0.2, 0.25) is 0 Å². The fourth-order valence-corrected chi connectivity index (χ4v) is 7.58. The Bertz CT molecular complexity index is 2130. The first-order valence-corrected chi connectivity index (χ1v) is 18.9. The number of esters is 1. The summed E-state index contributed by atoms with van der Waals surface area (Å²) < 4.78 is 62.9. The van der Waals surface area contributed by atoms with E-state index >= 15 is 0 Å². The van der Waals surface area contributed by atoms with E-state index < -0.39 is 96.2 Å². The molecule has 20 heteroatoms. The van der Waals surface area contributed by atoms with Gasteiger partial charge in [-0.25, -0.2) is 19.0 Å². The second-order valence-electron chi connectivity index (χ2n) is 15.1. The summed E-state index contributed by atoms with van der Waals surface area (Å²) in [5.74, 6) is -3.31. The highest BCUT2D eigenvalue weighted by atomic mass is 16.8. The Morgan fingerprint density at radius 3 is 2.15 bits per heavy atom. The zero-order valence-electron chi connectivity index (χ0n) is 33.0. The normalized spacial score (nSPS) is 28.5. The van der Waals surface area contributed by atoms with Crippen molar-refractivity contribution in [3.05, 3.63) is 115 Å². The number of nitrogens with one attached hydrogen (secondary N) is 1. The lowest BCUT2D eigenvalue weighted by Gasteiger charge is -2.35. The number of aromatic nitrogens is 2. The molecular weight excluding hydrogens is 776 g/mol. The molecule has 4 saturated heterocycles. The fraction of sp³-hybridized carbons (Fsp3) is 0.538. The van der Waals surface area contributed by atoms with Crippen LogP contribution in [0.3, 0.4) is 0 Å². The smallest absolute Gasteiger partial charge is 0.408 e. The minimum absolute atomic E-state index is 0.130. The molecule has 4 aliphatic rings. The Morgan fingerprint density at radius 2 is 1.49 bits per heavy atom. The number of methoxy groups -OCH3 is 1. The van der Waals surface area contributed by atoms with Gasteiger partial charge in [-0.2, -0.15) is 0 Å². The number of hydrogen-bond acceptors (Lipinski definition) is 15. The minimum atomic E-state index is -1.66. The standard InChI is InChI=1S/C39H46N6O14/c1-38(2)56-27-24(18-41-43-40)53-35(32(27)59-38)55-28(26(34(47)50-5)42-36(48)52-20-23-14-10-7-11-15-23)29-30-31(58-39(3,4)57-30)33(54-29)44-17-16-25(46)45(37(44)49)21-51-19-22-12-8-6-9-13-22/h6-17,24,26-33,35H,18-21H2,1-5H3,(H,42,48)/t24-,26+,27-,28?,29-,30-,31-,32-,33-,35+/m1/s1. The van der Waals surface area contributed by atoms with Crippen LogP contribution in [0.4, 0.5) is 4.79 Å². The highest BCUT2D eigenvalue weighted by Crippen LogP contribution is 2.46. The van der Waals surface area contributed by atoms with Gasteiger partial charge in [0.05, 0.1) is 26.4 Å². The first kappa shape index (κ1) is 42.0. The van der Waals surface area contributed by atoms with Crippen LogP contribution in [0, 0.1) is 0 Å². The van der Waals surface area contributed by atoms with E-state index in [1.165, 1.54) is 12.3 Å². The number of benzene rings is 2. The molecule has 59 heavy (non-hydrogen) atoms. The average Bonchev–Trinajstić information content (AvgIpc) is 3.92. The van der Waals surface area contributed by atoms with Crippen molar-refractivity contribution in [1.29, 1.82) is 0 Å². The van der Waals surface area contributed by atoms with Crippen LogP contribution in [0.25, 0.3) is 10.4 Å². The molecule has 316 valence electrons. The Kier molecular flexibility index (Phi) is 12.5. The third-order valence-corrected chi connectivity index (χ3v) is 10.1. The van der Waals surface area contributed by atoms with E-state index in [1.807, 2.05) is 36.4 Å². The van der Waals surface area contributed by atoms with Gasteiger partial charge in [-0.15, -0.1) is 0 Å². The van der Waals surface area contributed by atoms with E-state index in [0.717, 1.165) is 21.8 Å². The number of fused-ring (bicyclic) bond motifs is 2. The summed E-state index contributed by atoms with van der Waals surface area (Å²) >= 11 is 0. The molecule has 1 unspecified atom stereocenters. The number of amides is 1. The van der Waals surface area contributed by atoms with Crippen LogP contribution in [0.15, 0.2) is 87.6 Å². The third kappa shape index (κ3) is 9.36. The van der Waals surface area contributed by atoms with Gasteiger partial charge in [0.2, 0.25) is 0 Å². The van der Waals surface area contributed by atoms with Crippen molar-refractivity contribution in [3.63, 3.8) is 0 Å². The van der Waals surface area contributed by atoms with Crippen molar-refractivity contribution < 1.29 is 57.0 Å². The van der Waals surface area contributed by atoms with Gasteiger partial charge in [0.15, 0.2) is 30.1 Å². The Morgan fingerprint density at radius 1 is 0.864 bits per heavy atom. The van der Waals surface area contributed by atoms with E-state index in [0.29, 0.717) is 5.56 Å². The van der Waals surface area contributed by atoms with Crippen LogP contribution < -0.4 is 16.6 Å². The molecule has 10 atom stereocenters. The summed E-state index contributed by atoms with van der Waals surface area (Å²) in [6.07, 6.45) is -9.76. The number of carbonyl (C=O) groups is 2. The van der Waals surface area contributed by atoms with Crippen molar-refractivity contribution in [1.82, 2.24) is 14.5 Å². The third-order valence-electron chi connectivity index (χ3n) is 10.1. The molecule has 0 aliphatic carbocycles. The van der Waals surface area contributed by atoms with Gasteiger partial charge in [0.1, 0.15) is 50.0 Å². The zero-order valence-corrected chi connectivity index (χ0v) is 33.0. The van der Waals surface area contributed by atoms with Gasteiger partial charge in [0.25, 0.3) is 5.56 Å². The summed E-state index contributed by atoms with van der Waals surface area (Å²) in [6, 6.07) is 17.7. The van der Waals surface area contributed by atoms with E-state index in [-0.39, 0.29) is 26.5 Å². The number of alkyl carbamates (subject to hydrolysis) is 1. The van der Waals surface area contributed by atoms with Crippen LogP contribution in [-0.4, -0.2) is 101 Å². The molecule has 0 bridgehead atoms. The SMILES string of the molecule is COC(=O)[C@@H](NC(=O)OCc1ccccc1)C(O[C@@H]1O[C@H](CN=[N+]=[N-])[C@H]2OC(C)(C)O[C@@H]12)[C@H]1O[C@@H](n2ccc(=O)n(COCc3ccccc3)c2=O)[C@@H]2OC(C)(C)O[C@@H]21. The van der Waals surface area contributed by atoms with E-state index in [9.17, 15) is 19.2 Å². The number of hydrogen-bond donors (Lipinski definition) is 1. The first-order valence-electron chi connectivity index (χ1n) is 18.9. The van der Waals surface area contributed by atoms with Gasteiger partial charge >= 0.3 is 17.8 Å². The first-order chi connectivity index (χ1) is 28.3. The lowest BCUT2D eigenvalue weighted by Crippen LogP contribution is -2.58. The summed E-state index contributed by atoms with van der Waals surface area (Å²) in [7, 11) is 1.12. The highest BCUT2D eigenvalue weighted by molar-refractivity contribution is 5.82. The molecule has 20 nitrogen and oxygen atoms in total. The van der Waals surface area contributed by atoms with Gasteiger partial charge in [-0.05, 0) is 44.4 Å². The van der Waals surface area contributed by atoms with Crippen molar-refractivity contribution in [2.45, 2.75) is 121 Å². The molecule has 2 aromatic carbocycles. The summed E-state index contributed by atoms with van der Waals surface area (Å²) in [4.78, 5) is 57.1. The van der Waals surface area contributed by atoms with Crippen molar-refractivity contribution in [3.8, 4) is 0 Å². The van der Waals surface area contributed by atoms with Crippen LogP contribution in [0.1, 0.15) is 45.0 Å². The number of ether oxygens (including phenoxy) is 10. The van der Waals surface area contributed by atoms with Gasteiger partial charge in [-0.3, -0.25) is 9.36 Å². The maximum atomic E-state index is 14.1. The Labute approximate surface area is 337 Å². The molecule has 0 saturated carbocycles. The molecule has 0 spiro atoms. The number of nitrogens with zero attached hydrogens (tertiary/aromatic N) is 5. The maximum absolute atomic E-state index is 14.1. The van der Waals surface area contributed by atoms with Gasteiger partial charge < -0.3 is 52.7 Å². The number of azide groups is 1. The molecule has 7 rings (SSSR count). The van der Waals surface area contributed by atoms with E-state index in [4.69, 9.17) is 52.9 Å². The largest absolute Gasteiger partial charge is 0.467 e. The second-order valence-corrected chi connectivity index (χ2v) is 15.1. The zero-order chi connectivity index (χ0) is 41.9. The molecule has 1 aromatic heterocycles. The monoisotopic (exact) mass is 822 g/mol. The van der Waals surface area contributed by atoms with Gasteiger partial charge in [0, 0.05) is 17.2 Å². The molecule has 1 N–H and O–H groups in total. The molecule has 1 amide bonds. The van der Waals surface area contributed by atoms with E-state index in [1.54, 1.807) is 52.0 Å². The lowest BCUT2D eigenvalue weighted by atomic mass is 9.99. The predicted octanol–water partition coefficient (Wildman–Crippen LogP) is 3.01. The maximum Gasteiger partial charge on any atom is 0.408 e. The molecule has 3 aromatic rings. The Hall–Kier alpha value is -5.15. The van der Waals surface area contributed by atoms with Gasteiger partial charge in [-0.1, -0.05) is 65.8 Å². The molecule has 0 radical (unpaired) electrons. The number of rotatable bonds is 15. The average molecular weight is 823 g/mol. The van der Waals surface area contributed by atoms with Crippen LogP contribution in [0.5, 0.6) is 0 Å². The molecule has 5 heterocycles. The second kappa shape index (κ2) is 17.6. The fourth-order valence-electron chi connectivity index (χ4n) is 7.58. The van der Waals surface area contributed by atoms with Crippen LogP contribution >= 0.6 is 0 Å². The molecular formula is C39H46N6O14. The quantitative estimate of drug-likeness (QED) is 0.101. The Balaban J connectivity index is 1.23. The van der Waals surface area contributed by atoms with E-state index in [2.05, 4.69) is 15.3 Å². The van der Waals surface area contributed by atoms with Crippen LogP contribution in [-0.2, 0) is 72.1 Å². The summed E-state index contributed by atoms with van der Waals surface area (Å²) in [6.45, 7) is 6.19.